The van der Waals surface area contributed by atoms with Gasteiger partial charge in [-0.15, -0.1) is 0 Å². The van der Waals surface area contributed by atoms with Crippen molar-refractivity contribution in [3.05, 3.63) is 101 Å². The molecule has 0 bridgehead atoms. The van der Waals surface area contributed by atoms with Crippen LogP contribution in [0.2, 0.25) is 0 Å². The fraction of sp³-hybridized carbons (Fsp3) is 0.185. The van der Waals surface area contributed by atoms with Gasteiger partial charge in [-0.25, -0.2) is 9.97 Å². The second-order valence-corrected chi connectivity index (χ2v) is 8.41. The van der Waals surface area contributed by atoms with E-state index < -0.39 is 11.7 Å². The highest BCUT2D eigenvalue weighted by atomic mass is 19.4. The Hall–Kier alpha value is -4.09. The van der Waals surface area contributed by atoms with Crippen molar-refractivity contribution >= 4 is 0 Å². The van der Waals surface area contributed by atoms with Gasteiger partial charge in [-0.05, 0) is 36.4 Å². The first-order valence-corrected chi connectivity index (χ1v) is 11.1. The van der Waals surface area contributed by atoms with Gasteiger partial charge in [0.1, 0.15) is 0 Å². The summed E-state index contributed by atoms with van der Waals surface area (Å²) in [5.41, 5.74) is 5.04. The molecule has 0 atom stereocenters. The normalized spacial score (nSPS) is 13.8. The van der Waals surface area contributed by atoms with E-state index in [1.54, 1.807) is 12.3 Å². The van der Waals surface area contributed by atoms with E-state index in [-0.39, 0.29) is 0 Å². The zero-order valence-corrected chi connectivity index (χ0v) is 18.6. The number of benzene rings is 2. The van der Waals surface area contributed by atoms with Gasteiger partial charge in [0.2, 0.25) is 0 Å². The van der Waals surface area contributed by atoms with Gasteiger partial charge < -0.3 is 0 Å². The molecule has 1 aliphatic rings. The minimum Gasteiger partial charge on any atom is -0.293 e. The summed E-state index contributed by atoms with van der Waals surface area (Å²) in [7, 11) is 0. The number of nitriles is 1. The molecule has 1 aliphatic heterocycles. The highest BCUT2D eigenvalue weighted by molar-refractivity contribution is 5.61. The summed E-state index contributed by atoms with van der Waals surface area (Å²) < 4.78 is 38.5. The van der Waals surface area contributed by atoms with Crippen LogP contribution in [0.3, 0.4) is 0 Å². The van der Waals surface area contributed by atoms with E-state index in [9.17, 15) is 13.2 Å². The standard InChI is InChI=1S/C27H20F3N5/c28-27(29,30)22-9-7-19(8-10-22)26-32-15-21-16-35(12-11-25(21)34-26)17-23-5-2-6-24(33-23)20-4-1-3-18(13-20)14-31/h1-10,13,15H,11-12,16-17H2. The molecule has 0 N–H and O–H groups in total. The summed E-state index contributed by atoms with van der Waals surface area (Å²) in [6.07, 6.45) is -1.89. The van der Waals surface area contributed by atoms with Crippen molar-refractivity contribution in [3.63, 3.8) is 0 Å². The topological polar surface area (TPSA) is 65.7 Å². The molecule has 0 unspecified atom stereocenters. The van der Waals surface area contributed by atoms with Gasteiger partial charge in [-0.1, -0.05) is 30.3 Å². The Bertz CT molecular complexity index is 1410. The van der Waals surface area contributed by atoms with Gasteiger partial charge in [0.05, 0.1) is 34.3 Å². The molecule has 174 valence electrons. The third-order valence-electron chi connectivity index (χ3n) is 5.96. The molecule has 3 heterocycles. The van der Waals surface area contributed by atoms with E-state index in [2.05, 4.69) is 20.9 Å². The maximum Gasteiger partial charge on any atom is 0.416 e. The summed E-state index contributed by atoms with van der Waals surface area (Å²) in [6, 6.07) is 20.3. The fourth-order valence-electron chi connectivity index (χ4n) is 4.16. The Labute approximate surface area is 200 Å². The van der Waals surface area contributed by atoms with E-state index in [0.717, 1.165) is 53.3 Å². The first-order valence-electron chi connectivity index (χ1n) is 11.1. The third-order valence-corrected chi connectivity index (χ3v) is 5.96. The lowest BCUT2D eigenvalue weighted by atomic mass is 10.1. The number of pyridine rings is 1. The third kappa shape index (κ3) is 5.05. The molecular weight excluding hydrogens is 451 g/mol. The summed E-state index contributed by atoms with van der Waals surface area (Å²) >= 11 is 0. The number of nitrogens with zero attached hydrogens (tertiary/aromatic N) is 5. The average molecular weight is 471 g/mol. The first-order chi connectivity index (χ1) is 16.9. The van der Waals surface area contributed by atoms with Crippen molar-refractivity contribution in [2.45, 2.75) is 25.7 Å². The Morgan fingerprint density at radius 1 is 0.943 bits per heavy atom. The fourth-order valence-corrected chi connectivity index (χ4v) is 4.16. The first kappa shape index (κ1) is 22.7. The quantitative estimate of drug-likeness (QED) is 0.385. The van der Waals surface area contributed by atoms with Crippen LogP contribution in [-0.2, 0) is 25.7 Å². The predicted molar refractivity (Wildman–Crippen MR) is 125 cm³/mol. The lowest BCUT2D eigenvalue weighted by Crippen LogP contribution is -2.31. The van der Waals surface area contributed by atoms with Gasteiger partial charge in [0.25, 0.3) is 0 Å². The molecule has 0 radical (unpaired) electrons. The SMILES string of the molecule is N#Cc1cccc(-c2cccc(CN3CCc4nc(-c5ccc(C(F)(F)F)cc5)ncc4C3)n2)c1. The number of alkyl halides is 3. The zero-order chi connectivity index (χ0) is 24.4. The number of fused-ring (bicyclic) bond motifs is 1. The molecule has 0 saturated heterocycles. The lowest BCUT2D eigenvalue weighted by Gasteiger charge is -2.27. The molecule has 0 fully saturated rings. The monoisotopic (exact) mass is 471 g/mol. The van der Waals surface area contributed by atoms with Crippen molar-refractivity contribution in [2.75, 3.05) is 6.54 Å². The van der Waals surface area contributed by atoms with Crippen LogP contribution in [0.15, 0.2) is 72.9 Å². The van der Waals surface area contributed by atoms with Crippen LogP contribution in [0.4, 0.5) is 13.2 Å². The van der Waals surface area contributed by atoms with Crippen LogP contribution < -0.4 is 0 Å². The van der Waals surface area contributed by atoms with Gasteiger partial charge in [0.15, 0.2) is 5.82 Å². The molecule has 2 aromatic carbocycles. The molecule has 35 heavy (non-hydrogen) atoms. The molecule has 0 saturated carbocycles. The average Bonchev–Trinajstić information content (AvgIpc) is 2.88. The summed E-state index contributed by atoms with van der Waals surface area (Å²) in [6.45, 7) is 2.11. The molecule has 8 heteroatoms. The summed E-state index contributed by atoms with van der Waals surface area (Å²) in [4.78, 5) is 16.1. The molecule has 5 nitrogen and oxygen atoms in total. The van der Waals surface area contributed by atoms with E-state index in [1.165, 1.54) is 12.1 Å². The summed E-state index contributed by atoms with van der Waals surface area (Å²) in [5.74, 6) is 0.430. The van der Waals surface area contributed by atoms with Crippen LogP contribution in [0, 0.1) is 11.3 Å². The van der Waals surface area contributed by atoms with Gasteiger partial charge in [0, 0.05) is 48.9 Å². The number of hydrogen-bond donors (Lipinski definition) is 0. The van der Waals surface area contributed by atoms with Crippen LogP contribution in [0.25, 0.3) is 22.6 Å². The number of aromatic nitrogens is 3. The van der Waals surface area contributed by atoms with Gasteiger partial charge in [-0.2, -0.15) is 18.4 Å². The Balaban J connectivity index is 1.29. The maximum absolute atomic E-state index is 12.8. The van der Waals surface area contributed by atoms with Crippen LogP contribution in [0.5, 0.6) is 0 Å². The smallest absolute Gasteiger partial charge is 0.293 e. The van der Waals surface area contributed by atoms with Gasteiger partial charge >= 0.3 is 6.18 Å². The van der Waals surface area contributed by atoms with E-state index in [4.69, 9.17) is 10.2 Å². The highest BCUT2D eigenvalue weighted by Crippen LogP contribution is 2.31. The van der Waals surface area contributed by atoms with E-state index in [1.807, 2.05) is 36.4 Å². The Morgan fingerprint density at radius 3 is 2.51 bits per heavy atom. The van der Waals surface area contributed by atoms with Crippen LogP contribution in [-0.4, -0.2) is 26.4 Å². The summed E-state index contributed by atoms with van der Waals surface area (Å²) in [5, 5.41) is 9.15. The second-order valence-electron chi connectivity index (χ2n) is 8.41. The molecule has 0 spiro atoms. The minimum atomic E-state index is -4.37. The van der Waals surface area contributed by atoms with Crippen molar-refractivity contribution in [2.24, 2.45) is 0 Å². The van der Waals surface area contributed by atoms with Crippen molar-refractivity contribution in [1.29, 1.82) is 5.26 Å². The van der Waals surface area contributed by atoms with Crippen LogP contribution in [0.1, 0.15) is 28.1 Å². The highest BCUT2D eigenvalue weighted by Gasteiger charge is 2.30. The Morgan fingerprint density at radius 2 is 1.74 bits per heavy atom. The second kappa shape index (κ2) is 9.28. The minimum absolute atomic E-state index is 0.430. The number of rotatable bonds is 4. The van der Waals surface area contributed by atoms with Gasteiger partial charge in [-0.3, -0.25) is 9.88 Å². The number of hydrogen-bond acceptors (Lipinski definition) is 5. The van der Waals surface area contributed by atoms with Crippen LogP contribution >= 0.6 is 0 Å². The largest absolute Gasteiger partial charge is 0.416 e. The van der Waals surface area contributed by atoms with Crippen molar-refractivity contribution in [3.8, 4) is 28.7 Å². The van der Waals surface area contributed by atoms with Crippen molar-refractivity contribution < 1.29 is 13.2 Å². The molecule has 5 rings (SSSR count). The molecular formula is C27H20F3N5. The molecule has 4 aromatic rings. The van der Waals surface area contributed by atoms with Crippen molar-refractivity contribution in [1.82, 2.24) is 19.9 Å². The predicted octanol–water partition coefficient (Wildman–Crippen LogP) is 5.65. The maximum atomic E-state index is 12.8. The van der Waals surface area contributed by atoms with E-state index in [0.29, 0.717) is 30.0 Å². The van der Waals surface area contributed by atoms with E-state index >= 15 is 0 Å². The molecule has 0 amide bonds. The zero-order valence-electron chi connectivity index (χ0n) is 18.6. The lowest BCUT2D eigenvalue weighted by molar-refractivity contribution is -0.137. The molecule has 0 aliphatic carbocycles. The Kier molecular flexibility index (Phi) is 6.01. The number of halogens is 3. The molecule has 2 aromatic heterocycles.